The van der Waals surface area contributed by atoms with Crippen molar-refractivity contribution in [2.75, 3.05) is 53.5 Å². The number of halogens is 1. The van der Waals surface area contributed by atoms with E-state index in [-0.39, 0.29) is 10.8 Å². The Bertz CT molecular complexity index is 1010. The lowest BCUT2D eigenvalue weighted by atomic mass is 10.1. The fourth-order valence-corrected chi connectivity index (χ4v) is 4.78. The highest BCUT2D eigenvalue weighted by Gasteiger charge is 2.28. The van der Waals surface area contributed by atoms with Gasteiger partial charge in [-0.05, 0) is 36.4 Å². The number of nitrogens with one attached hydrogen (secondary N) is 1. The zero-order valence-corrected chi connectivity index (χ0v) is 18.3. The molecule has 1 aliphatic heterocycles. The molecule has 1 fully saturated rings. The SMILES string of the molecule is COc1ccc(C(=O)NCCN2CCN(S(=O)(=O)c3ccc(F)cc3)CC2)c(OC)c1. The van der Waals surface area contributed by atoms with Crippen LogP contribution in [0.3, 0.4) is 0 Å². The monoisotopic (exact) mass is 451 g/mol. The van der Waals surface area contributed by atoms with Gasteiger partial charge in [-0.15, -0.1) is 0 Å². The van der Waals surface area contributed by atoms with Crippen molar-refractivity contribution in [2.45, 2.75) is 4.90 Å². The average Bonchev–Trinajstić information content (AvgIpc) is 2.79. The normalized spacial score (nSPS) is 15.5. The van der Waals surface area contributed by atoms with Crippen molar-refractivity contribution >= 4 is 15.9 Å². The van der Waals surface area contributed by atoms with Crippen molar-refractivity contribution in [2.24, 2.45) is 0 Å². The standard InChI is InChI=1S/C21H26FN3O5S/c1-29-17-5-8-19(20(15-17)30-2)21(26)23-9-10-24-11-13-25(14-12-24)31(27,28)18-6-3-16(22)4-7-18/h3-8,15H,9-14H2,1-2H3,(H,23,26). The molecule has 0 aliphatic carbocycles. The second kappa shape index (κ2) is 10.1. The molecule has 31 heavy (non-hydrogen) atoms. The minimum atomic E-state index is -3.64. The number of rotatable bonds is 8. The fourth-order valence-electron chi connectivity index (χ4n) is 3.36. The quantitative estimate of drug-likeness (QED) is 0.656. The van der Waals surface area contributed by atoms with E-state index in [1.807, 2.05) is 0 Å². The molecule has 2 aromatic rings. The highest BCUT2D eigenvalue weighted by atomic mass is 32.2. The van der Waals surface area contributed by atoms with Crippen LogP contribution in [0.5, 0.6) is 11.5 Å². The number of amides is 1. The predicted molar refractivity (Wildman–Crippen MR) is 113 cm³/mol. The molecule has 1 amide bonds. The fraction of sp³-hybridized carbons (Fsp3) is 0.381. The lowest BCUT2D eigenvalue weighted by Gasteiger charge is -2.34. The van der Waals surface area contributed by atoms with Crippen LogP contribution < -0.4 is 14.8 Å². The molecule has 3 rings (SSSR count). The van der Waals surface area contributed by atoms with Crippen LogP contribution in [0.1, 0.15) is 10.4 Å². The third-order valence-corrected chi connectivity index (χ3v) is 7.06. The molecule has 2 aromatic carbocycles. The van der Waals surface area contributed by atoms with E-state index in [0.717, 1.165) is 12.1 Å². The first kappa shape index (κ1) is 23.0. The maximum absolute atomic E-state index is 13.1. The summed E-state index contributed by atoms with van der Waals surface area (Å²) in [5.74, 6) is 0.299. The first-order valence-corrected chi connectivity index (χ1v) is 11.3. The summed E-state index contributed by atoms with van der Waals surface area (Å²) in [5.41, 5.74) is 0.415. The number of hydrogen-bond acceptors (Lipinski definition) is 6. The van der Waals surface area contributed by atoms with Crippen molar-refractivity contribution in [3.63, 3.8) is 0 Å². The van der Waals surface area contributed by atoms with Gasteiger partial charge in [-0.1, -0.05) is 0 Å². The van der Waals surface area contributed by atoms with Crippen LogP contribution in [0, 0.1) is 5.82 Å². The van der Waals surface area contributed by atoms with Crippen LogP contribution in [0.25, 0.3) is 0 Å². The zero-order valence-electron chi connectivity index (χ0n) is 17.5. The van der Waals surface area contributed by atoms with Gasteiger partial charge >= 0.3 is 0 Å². The molecule has 0 radical (unpaired) electrons. The smallest absolute Gasteiger partial charge is 0.255 e. The van der Waals surface area contributed by atoms with Gasteiger partial charge < -0.3 is 14.8 Å². The number of methoxy groups -OCH3 is 2. The first-order valence-electron chi connectivity index (χ1n) is 9.83. The zero-order chi connectivity index (χ0) is 22.4. The van der Waals surface area contributed by atoms with Crippen LogP contribution in [-0.4, -0.2) is 77.0 Å². The Kier molecular flexibility index (Phi) is 7.47. The summed E-state index contributed by atoms with van der Waals surface area (Å²) < 4.78 is 50.2. The molecule has 10 heteroatoms. The van der Waals surface area contributed by atoms with E-state index in [0.29, 0.717) is 56.3 Å². The van der Waals surface area contributed by atoms with Crippen LogP contribution in [0.4, 0.5) is 4.39 Å². The van der Waals surface area contributed by atoms with Crippen LogP contribution in [0.15, 0.2) is 47.4 Å². The Hall–Kier alpha value is -2.69. The molecule has 8 nitrogen and oxygen atoms in total. The van der Waals surface area contributed by atoms with Gasteiger partial charge in [0.25, 0.3) is 5.91 Å². The second-order valence-corrected chi connectivity index (χ2v) is 8.96. The van der Waals surface area contributed by atoms with E-state index < -0.39 is 15.8 Å². The Labute approximate surface area is 181 Å². The number of carbonyl (C=O) groups is 1. The summed E-state index contributed by atoms with van der Waals surface area (Å²) >= 11 is 0. The average molecular weight is 452 g/mol. The maximum atomic E-state index is 13.1. The maximum Gasteiger partial charge on any atom is 0.255 e. The van der Waals surface area contributed by atoms with E-state index in [4.69, 9.17) is 9.47 Å². The molecule has 0 unspecified atom stereocenters. The highest BCUT2D eigenvalue weighted by Crippen LogP contribution is 2.24. The van der Waals surface area contributed by atoms with E-state index in [1.165, 1.54) is 23.5 Å². The van der Waals surface area contributed by atoms with E-state index in [1.54, 1.807) is 25.3 Å². The van der Waals surface area contributed by atoms with Gasteiger partial charge in [0.05, 0.1) is 24.7 Å². The van der Waals surface area contributed by atoms with Crippen molar-refractivity contribution < 1.29 is 27.1 Å². The van der Waals surface area contributed by atoms with E-state index in [9.17, 15) is 17.6 Å². The summed E-state index contributed by atoms with van der Waals surface area (Å²) in [6.45, 7) is 2.76. The third-order valence-electron chi connectivity index (χ3n) is 5.15. The van der Waals surface area contributed by atoms with Gasteiger partial charge in [0.15, 0.2) is 0 Å². The highest BCUT2D eigenvalue weighted by molar-refractivity contribution is 7.89. The minimum Gasteiger partial charge on any atom is -0.497 e. The van der Waals surface area contributed by atoms with E-state index >= 15 is 0 Å². The molecular formula is C21H26FN3O5S. The molecule has 0 atom stereocenters. The number of ether oxygens (including phenoxy) is 2. The lowest BCUT2D eigenvalue weighted by molar-refractivity contribution is 0.0942. The summed E-state index contributed by atoms with van der Waals surface area (Å²) in [6, 6.07) is 9.83. The topological polar surface area (TPSA) is 88.2 Å². The molecule has 1 N–H and O–H groups in total. The largest absolute Gasteiger partial charge is 0.497 e. The molecule has 1 saturated heterocycles. The number of carbonyl (C=O) groups excluding carboxylic acids is 1. The Morgan fingerprint density at radius 3 is 2.32 bits per heavy atom. The van der Waals surface area contributed by atoms with E-state index in [2.05, 4.69) is 10.2 Å². The lowest BCUT2D eigenvalue weighted by Crippen LogP contribution is -2.50. The number of sulfonamides is 1. The summed E-state index contributed by atoms with van der Waals surface area (Å²) in [4.78, 5) is 14.6. The van der Waals surface area contributed by atoms with Crippen molar-refractivity contribution in [3.05, 3.63) is 53.8 Å². The summed E-state index contributed by atoms with van der Waals surface area (Å²) in [7, 11) is -0.608. The molecule has 1 aliphatic rings. The van der Waals surface area contributed by atoms with Gasteiger partial charge in [-0.2, -0.15) is 4.31 Å². The van der Waals surface area contributed by atoms with Gasteiger partial charge in [0.2, 0.25) is 10.0 Å². The number of piperazine rings is 1. The summed E-state index contributed by atoms with van der Waals surface area (Å²) in [5, 5.41) is 2.86. The van der Waals surface area contributed by atoms with Gasteiger partial charge in [-0.3, -0.25) is 9.69 Å². The van der Waals surface area contributed by atoms with Crippen molar-refractivity contribution in [1.29, 1.82) is 0 Å². The molecule has 168 valence electrons. The van der Waals surface area contributed by atoms with Gasteiger partial charge in [-0.25, -0.2) is 12.8 Å². The molecule has 0 aromatic heterocycles. The Balaban J connectivity index is 1.48. The molecule has 0 spiro atoms. The molecule has 0 saturated carbocycles. The molecule has 0 bridgehead atoms. The van der Waals surface area contributed by atoms with Gasteiger partial charge in [0.1, 0.15) is 17.3 Å². The first-order chi connectivity index (χ1) is 14.8. The number of hydrogen-bond donors (Lipinski definition) is 1. The molecule has 1 heterocycles. The molecular weight excluding hydrogens is 425 g/mol. The van der Waals surface area contributed by atoms with Gasteiger partial charge in [0, 0.05) is 45.3 Å². The van der Waals surface area contributed by atoms with Crippen molar-refractivity contribution in [1.82, 2.24) is 14.5 Å². The minimum absolute atomic E-state index is 0.0862. The Morgan fingerprint density at radius 2 is 1.71 bits per heavy atom. The number of nitrogens with zero attached hydrogens (tertiary/aromatic N) is 2. The Morgan fingerprint density at radius 1 is 1.03 bits per heavy atom. The van der Waals surface area contributed by atoms with Crippen LogP contribution >= 0.6 is 0 Å². The third kappa shape index (κ3) is 5.52. The summed E-state index contributed by atoms with van der Waals surface area (Å²) in [6.07, 6.45) is 0. The van der Waals surface area contributed by atoms with Crippen molar-refractivity contribution in [3.8, 4) is 11.5 Å². The second-order valence-electron chi connectivity index (χ2n) is 7.02. The number of benzene rings is 2. The predicted octanol–water partition coefficient (Wildman–Crippen LogP) is 1.58. The van der Waals surface area contributed by atoms with Crippen LogP contribution in [0.2, 0.25) is 0 Å². The van der Waals surface area contributed by atoms with Crippen LogP contribution in [-0.2, 0) is 10.0 Å².